The van der Waals surface area contributed by atoms with Crippen molar-refractivity contribution in [3.05, 3.63) is 40.0 Å². The van der Waals surface area contributed by atoms with Gasteiger partial charge in [0.05, 0.1) is 17.5 Å². The molecule has 96 valence electrons. The van der Waals surface area contributed by atoms with E-state index in [9.17, 15) is 9.59 Å². The van der Waals surface area contributed by atoms with Crippen LogP contribution in [0, 0.1) is 27.2 Å². The summed E-state index contributed by atoms with van der Waals surface area (Å²) in [4.78, 5) is 26.5. The zero-order valence-corrected chi connectivity index (χ0v) is 12.3. The number of fused-ring (bicyclic) bond motifs is 5. The second kappa shape index (κ2) is 3.91. The predicted octanol–water partition coefficient (Wildman–Crippen LogP) is 2.60. The molecule has 1 aliphatic heterocycles. The third kappa shape index (κ3) is 1.49. The number of hydrogen-bond acceptors (Lipinski definition) is 2. The minimum Gasteiger partial charge on any atom is -0.274 e. The zero-order valence-electron chi connectivity index (χ0n) is 10.1. The minimum absolute atomic E-state index is 0.00643. The van der Waals surface area contributed by atoms with Crippen molar-refractivity contribution in [2.45, 2.75) is 6.42 Å². The van der Waals surface area contributed by atoms with Gasteiger partial charge in [-0.25, -0.2) is 0 Å². The van der Waals surface area contributed by atoms with Crippen LogP contribution in [0.1, 0.15) is 6.42 Å². The number of anilines is 1. The van der Waals surface area contributed by atoms with Crippen molar-refractivity contribution in [3.8, 4) is 0 Å². The third-order valence-electron chi connectivity index (χ3n) is 4.56. The van der Waals surface area contributed by atoms with Gasteiger partial charge in [-0.05, 0) is 65.1 Å². The fraction of sp³-hybridized carbons (Fsp3) is 0.333. The van der Waals surface area contributed by atoms with Gasteiger partial charge in [0, 0.05) is 3.57 Å². The van der Waals surface area contributed by atoms with Gasteiger partial charge < -0.3 is 0 Å². The minimum atomic E-state index is -0.109. The lowest BCUT2D eigenvalue weighted by molar-refractivity contribution is -0.123. The van der Waals surface area contributed by atoms with Crippen LogP contribution in [0.3, 0.4) is 0 Å². The number of carbonyl (C=O) groups is 2. The maximum absolute atomic E-state index is 12.5. The Bertz CT molecular complexity index is 577. The van der Waals surface area contributed by atoms with Gasteiger partial charge in [0.25, 0.3) is 0 Å². The van der Waals surface area contributed by atoms with Crippen molar-refractivity contribution in [1.82, 2.24) is 0 Å². The van der Waals surface area contributed by atoms with Crippen molar-refractivity contribution in [1.29, 1.82) is 0 Å². The van der Waals surface area contributed by atoms with Gasteiger partial charge >= 0.3 is 0 Å². The Morgan fingerprint density at radius 2 is 1.47 bits per heavy atom. The lowest BCUT2D eigenvalue weighted by atomic mass is 9.85. The molecule has 2 aliphatic carbocycles. The van der Waals surface area contributed by atoms with Crippen LogP contribution >= 0.6 is 22.6 Å². The first-order chi connectivity index (χ1) is 9.16. The van der Waals surface area contributed by atoms with Crippen LogP contribution in [0.25, 0.3) is 0 Å². The lowest BCUT2D eigenvalue weighted by Crippen LogP contribution is -2.32. The van der Waals surface area contributed by atoms with Crippen molar-refractivity contribution >= 4 is 40.1 Å². The first-order valence-corrected chi connectivity index (χ1v) is 7.56. The molecular formula is C15H12INO2. The molecule has 3 nitrogen and oxygen atoms in total. The normalized spacial score (nSPS) is 35.3. The number of allylic oxidation sites excluding steroid dienone is 2. The maximum Gasteiger partial charge on any atom is 0.238 e. The molecule has 1 heterocycles. The molecule has 2 fully saturated rings. The molecule has 0 spiro atoms. The van der Waals surface area contributed by atoms with E-state index in [4.69, 9.17) is 0 Å². The number of imide groups is 1. The van der Waals surface area contributed by atoms with Crippen LogP contribution in [-0.2, 0) is 9.59 Å². The van der Waals surface area contributed by atoms with E-state index in [2.05, 4.69) is 34.7 Å². The lowest BCUT2D eigenvalue weighted by Gasteiger charge is -2.17. The van der Waals surface area contributed by atoms with Crippen molar-refractivity contribution < 1.29 is 9.59 Å². The smallest absolute Gasteiger partial charge is 0.238 e. The van der Waals surface area contributed by atoms with Crippen LogP contribution in [-0.4, -0.2) is 11.8 Å². The average Bonchev–Trinajstić information content (AvgIpc) is 3.06. The van der Waals surface area contributed by atoms with E-state index in [1.165, 1.54) is 4.90 Å². The highest BCUT2D eigenvalue weighted by Crippen LogP contribution is 2.53. The molecular weight excluding hydrogens is 353 g/mol. The van der Waals surface area contributed by atoms with E-state index in [0.29, 0.717) is 5.69 Å². The first-order valence-electron chi connectivity index (χ1n) is 6.48. The molecule has 0 N–H and O–H groups in total. The van der Waals surface area contributed by atoms with Gasteiger partial charge in [0.2, 0.25) is 11.8 Å². The van der Waals surface area contributed by atoms with E-state index in [1.807, 2.05) is 24.3 Å². The first kappa shape index (κ1) is 11.6. The van der Waals surface area contributed by atoms with Crippen molar-refractivity contribution in [2.75, 3.05) is 4.90 Å². The summed E-state index contributed by atoms with van der Waals surface area (Å²) in [5.74, 6) is 0.324. The highest BCUT2D eigenvalue weighted by molar-refractivity contribution is 14.1. The predicted molar refractivity (Wildman–Crippen MR) is 79.4 cm³/mol. The Labute approximate surface area is 124 Å². The Hall–Kier alpha value is -1.17. The van der Waals surface area contributed by atoms with Gasteiger partial charge in [-0.3, -0.25) is 14.5 Å². The summed E-state index contributed by atoms with van der Waals surface area (Å²) < 4.78 is 1.10. The number of carbonyl (C=O) groups excluding carboxylic acids is 2. The Kier molecular flexibility index (Phi) is 2.40. The van der Waals surface area contributed by atoms with E-state index < -0.39 is 0 Å². The van der Waals surface area contributed by atoms with Crippen LogP contribution in [0.5, 0.6) is 0 Å². The second-order valence-corrected chi connectivity index (χ2v) is 6.73. The summed E-state index contributed by atoms with van der Waals surface area (Å²) in [5, 5.41) is 0. The zero-order chi connectivity index (χ0) is 13.1. The molecule has 1 aromatic rings. The molecule has 19 heavy (non-hydrogen) atoms. The molecule has 3 aliphatic rings. The monoisotopic (exact) mass is 365 g/mol. The topological polar surface area (TPSA) is 37.4 Å². The SMILES string of the molecule is O=C1C2C(C(=O)N1c1ccc(I)cc1)[C@H]1C=C[C@@H]2C1. The molecule has 0 aromatic heterocycles. The fourth-order valence-electron chi connectivity index (χ4n) is 3.75. The van der Waals surface area contributed by atoms with Crippen LogP contribution in [0.4, 0.5) is 5.69 Å². The van der Waals surface area contributed by atoms with Gasteiger partial charge in [-0.15, -0.1) is 0 Å². The van der Waals surface area contributed by atoms with Crippen molar-refractivity contribution in [3.63, 3.8) is 0 Å². The third-order valence-corrected chi connectivity index (χ3v) is 5.27. The summed E-state index contributed by atoms with van der Waals surface area (Å²) >= 11 is 2.22. The fourth-order valence-corrected chi connectivity index (χ4v) is 4.11. The maximum atomic E-state index is 12.5. The molecule has 1 saturated heterocycles. The Balaban J connectivity index is 1.74. The summed E-state index contributed by atoms with van der Waals surface area (Å²) in [6, 6.07) is 7.57. The Morgan fingerprint density at radius 3 is 2.00 bits per heavy atom. The molecule has 4 heteroatoms. The summed E-state index contributed by atoms with van der Waals surface area (Å²) in [6.45, 7) is 0. The second-order valence-electron chi connectivity index (χ2n) is 5.49. The van der Waals surface area contributed by atoms with E-state index in [0.717, 1.165) is 9.99 Å². The number of nitrogens with zero attached hydrogens (tertiary/aromatic N) is 1. The molecule has 1 saturated carbocycles. The average molecular weight is 365 g/mol. The van der Waals surface area contributed by atoms with Gasteiger partial charge in [-0.1, -0.05) is 12.2 Å². The van der Waals surface area contributed by atoms with Gasteiger partial charge in [0.1, 0.15) is 0 Å². The number of benzene rings is 1. The van der Waals surface area contributed by atoms with Gasteiger partial charge in [0.15, 0.2) is 0 Å². The van der Waals surface area contributed by atoms with Crippen LogP contribution in [0.2, 0.25) is 0 Å². The van der Waals surface area contributed by atoms with Crippen LogP contribution < -0.4 is 4.90 Å². The summed E-state index contributed by atoms with van der Waals surface area (Å²) in [6.07, 6.45) is 5.22. The number of hydrogen-bond donors (Lipinski definition) is 0. The van der Waals surface area contributed by atoms with E-state index >= 15 is 0 Å². The highest BCUT2D eigenvalue weighted by Gasteiger charge is 2.59. The standard InChI is InChI=1S/C15H12INO2/c16-10-3-5-11(6-4-10)17-14(18)12-8-1-2-9(7-8)13(12)15(17)19/h1-6,8-9,12-13H,7H2/t8-,9+,12?,13?. The quantitative estimate of drug-likeness (QED) is 0.436. The van der Waals surface area contributed by atoms with Crippen molar-refractivity contribution in [2.24, 2.45) is 23.7 Å². The van der Waals surface area contributed by atoms with Crippen LogP contribution in [0.15, 0.2) is 36.4 Å². The number of rotatable bonds is 1. The van der Waals surface area contributed by atoms with E-state index in [-0.39, 0.29) is 35.5 Å². The number of halogens is 1. The largest absolute Gasteiger partial charge is 0.274 e. The molecule has 2 bridgehead atoms. The highest BCUT2D eigenvalue weighted by atomic mass is 127. The summed E-state index contributed by atoms with van der Waals surface area (Å²) in [5.41, 5.74) is 0.712. The molecule has 4 atom stereocenters. The molecule has 0 radical (unpaired) electrons. The molecule has 4 rings (SSSR count). The van der Waals surface area contributed by atoms with Gasteiger partial charge in [-0.2, -0.15) is 0 Å². The number of amides is 2. The van der Waals surface area contributed by atoms with E-state index in [1.54, 1.807) is 0 Å². The molecule has 2 amide bonds. The molecule has 1 aromatic carbocycles. The Morgan fingerprint density at radius 1 is 0.947 bits per heavy atom. The molecule has 2 unspecified atom stereocenters. The summed E-state index contributed by atoms with van der Waals surface area (Å²) in [7, 11) is 0.